The molecule has 1 aromatic carbocycles. The van der Waals surface area contributed by atoms with Crippen LogP contribution >= 0.6 is 0 Å². The van der Waals surface area contributed by atoms with Crippen molar-refractivity contribution in [1.82, 2.24) is 15.1 Å². The molecule has 0 saturated carbocycles. The van der Waals surface area contributed by atoms with Crippen molar-refractivity contribution in [2.45, 2.75) is 19.8 Å². The van der Waals surface area contributed by atoms with E-state index < -0.39 is 0 Å². The van der Waals surface area contributed by atoms with Gasteiger partial charge in [0.05, 0.1) is 0 Å². The van der Waals surface area contributed by atoms with Gasteiger partial charge in [0.15, 0.2) is 5.69 Å². The smallest absolute Gasteiger partial charge is 0.276 e. The van der Waals surface area contributed by atoms with E-state index >= 15 is 0 Å². The minimum absolute atomic E-state index is 0.189. The van der Waals surface area contributed by atoms with Crippen molar-refractivity contribution in [2.24, 2.45) is 0 Å². The van der Waals surface area contributed by atoms with Gasteiger partial charge in [-0.25, -0.2) is 0 Å². The number of H-pyrrole nitrogens is 1. The number of rotatable bonds is 4. The number of likely N-dealkylation sites (N-methyl/N-ethyl adjacent to an activating group) is 1. The monoisotopic (exact) mass is 327 g/mol. The van der Waals surface area contributed by atoms with Crippen LogP contribution in [0.3, 0.4) is 0 Å². The molecule has 1 aliphatic heterocycles. The van der Waals surface area contributed by atoms with E-state index in [0.717, 1.165) is 37.6 Å². The largest absolute Gasteiger partial charge is 0.369 e. The molecule has 0 bridgehead atoms. The van der Waals surface area contributed by atoms with Gasteiger partial charge in [-0.15, -0.1) is 0 Å². The number of nitrogens with zero attached hydrogens (tertiary/aromatic N) is 3. The summed E-state index contributed by atoms with van der Waals surface area (Å²) in [6.45, 7) is 8.35. The predicted molar refractivity (Wildman–Crippen MR) is 96.8 cm³/mol. The highest BCUT2D eigenvalue weighted by Crippen LogP contribution is 2.20. The molecule has 1 fully saturated rings. The van der Waals surface area contributed by atoms with Crippen molar-refractivity contribution in [3.8, 4) is 0 Å². The summed E-state index contributed by atoms with van der Waals surface area (Å²) in [5, 5.41) is 9.89. The van der Waals surface area contributed by atoms with E-state index in [1.54, 1.807) is 6.07 Å². The summed E-state index contributed by atoms with van der Waals surface area (Å²) in [6.07, 6.45) is 0. The van der Waals surface area contributed by atoms with Gasteiger partial charge in [-0.3, -0.25) is 9.89 Å². The molecule has 2 heterocycles. The molecule has 6 heteroatoms. The molecule has 0 spiro atoms. The summed E-state index contributed by atoms with van der Waals surface area (Å²) < 4.78 is 0. The van der Waals surface area contributed by atoms with Crippen LogP contribution in [0.25, 0.3) is 0 Å². The molecule has 0 radical (unpaired) electrons. The Labute approximate surface area is 142 Å². The molecule has 24 heavy (non-hydrogen) atoms. The van der Waals surface area contributed by atoms with Gasteiger partial charge < -0.3 is 15.1 Å². The number of piperazine rings is 1. The molecule has 1 amide bonds. The number of benzene rings is 1. The Morgan fingerprint density at radius 2 is 1.83 bits per heavy atom. The van der Waals surface area contributed by atoms with E-state index in [1.165, 1.54) is 5.69 Å². The van der Waals surface area contributed by atoms with E-state index in [1.807, 2.05) is 12.1 Å². The van der Waals surface area contributed by atoms with Crippen LogP contribution in [0.5, 0.6) is 0 Å². The lowest BCUT2D eigenvalue weighted by Crippen LogP contribution is -2.44. The van der Waals surface area contributed by atoms with Gasteiger partial charge in [-0.1, -0.05) is 13.8 Å². The van der Waals surface area contributed by atoms with E-state index in [4.69, 9.17) is 0 Å². The van der Waals surface area contributed by atoms with E-state index in [0.29, 0.717) is 11.6 Å². The van der Waals surface area contributed by atoms with Crippen LogP contribution in [-0.2, 0) is 0 Å². The maximum absolute atomic E-state index is 12.3. The zero-order valence-corrected chi connectivity index (χ0v) is 14.5. The van der Waals surface area contributed by atoms with Crippen molar-refractivity contribution in [1.29, 1.82) is 0 Å². The van der Waals surface area contributed by atoms with E-state index in [9.17, 15) is 4.79 Å². The van der Waals surface area contributed by atoms with Crippen LogP contribution in [0.4, 0.5) is 11.4 Å². The third kappa shape index (κ3) is 3.76. The molecule has 1 aliphatic rings. The average Bonchev–Trinajstić information content (AvgIpc) is 3.07. The summed E-state index contributed by atoms with van der Waals surface area (Å²) in [5.74, 6) is 0.132. The van der Waals surface area contributed by atoms with Crippen LogP contribution in [0.1, 0.15) is 35.9 Å². The zero-order chi connectivity index (χ0) is 17.1. The first-order valence-electron chi connectivity index (χ1n) is 8.43. The second kappa shape index (κ2) is 7.05. The molecule has 1 saturated heterocycles. The van der Waals surface area contributed by atoms with Crippen LogP contribution in [0.2, 0.25) is 0 Å². The summed E-state index contributed by atoms with van der Waals surface area (Å²) in [6, 6.07) is 9.82. The first-order chi connectivity index (χ1) is 11.5. The average molecular weight is 327 g/mol. The number of aromatic amines is 1. The van der Waals surface area contributed by atoms with Crippen LogP contribution in [-0.4, -0.2) is 54.2 Å². The minimum atomic E-state index is -0.189. The normalized spacial score (nSPS) is 15.8. The fourth-order valence-corrected chi connectivity index (χ4v) is 2.76. The van der Waals surface area contributed by atoms with Gasteiger partial charge in [0.25, 0.3) is 5.91 Å². The lowest BCUT2D eigenvalue weighted by molar-refractivity contribution is 0.102. The highest BCUT2D eigenvalue weighted by Gasteiger charge is 2.15. The van der Waals surface area contributed by atoms with Gasteiger partial charge in [-0.05, 0) is 43.3 Å². The van der Waals surface area contributed by atoms with Gasteiger partial charge >= 0.3 is 0 Å². The number of hydrogen-bond donors (Lipinski definition) is 2. The SMILES string of the molecule is CC(C)c1cc(C(=O)Nc2ccc(N3CCN(C)CC3)cc2)n[nH]1. The molecular weight excluding hydrogens is 302 g/mol. The number of aromatic nitrogens is 2. The van der Waals surface area contributed by atoms with Crippen LogP contribution < -0.4 is 10.2 Å². The number of amides is 1. The molecule has 6 nitrogen and oxygen atoms in total. The number of hydrogen-bond acceptors (Lipinski definition) is 4. The highest BCUT2D eigenvalue weighted by molar-refractivity contribution is 6.03. The van der Waals surface area contributed by atoms with Crippen LogP contribution in [0.15, 0.2) is 30.3 Å². The molecule has 2 aromatic rings. The molecule has 1 aromatic heterocycles. The number of anilines is 2. The number of carbonyl (C=O) groups is 1. The Hall–Kier alpha value is -2.34. The summed E-state index contributed by atoms with van der Waals surface area (Å²) >= 11 is 0. The lowest BCUT2D eigenvalue weighted by Gasteiger charge is -2.34. The summed E-state index contributed by atoms with van der Waals surface area (Å²) in [5.41, 5.74) is 3.36. The van der Waals surface area contributed by atoms with Gasteiger partial charge in [-0.2, -0.15) is 5.10 Å². The zero-order valence-electron chi connectivity index (χ0n) is 14.5. The molecule has 0 unspecified atom stereocenters. The van der Waals surface area contributed by atoms with Gasteiger partial charge in [0, 0.05) is 43.2 Å². The maximum Gasteiger partial charge on any atom is 0.276 e. The molecule has 128 valence electrons. The maximum atomic E-state index is 12.3. The Morgan fingerprint density at radius 1 is 1.17 bits per heavy atom. The van der Waals surface area contributed by atoms with E-state index in [-0.39, 0.29) is 5.91 Å². The van der Waals surface area contributed by atoms with E-state index in [2.05, 4.69) is 58.3 Å². The molecule has 2 N–H and O–H groups in total. The van der Waals surface area contributed by atoms with Crippen molar-refractivity contribution >= 4 is 17.3 Å². The van der Waals surface area contributed by atoms with Crippen molar-refractivity contribution < 1.29 is 4.79 Å². The minimum Gasteiger partial charge on any atom is -0.369 e. The third-order valence-electron chi connectivity index (χ3n) is 4.45. The second-order valence-corrected chi connectivity index (χ2v) is 6.65. The Bertz CT molecular complexity index is 684. The molecule has 0 aliphatic carbocycles. The Morgan fingerprint density at radius 3 is 2.42 bits per heavy atom. The van der Waals surface area contributed by atoms with Gasteiger partial charge in [0.2, 0.25) is 0 Å². The van der Waals surface area contributed by atoms with Gasteiger partial charge in [0.1, 0.15) is 0 Å². The third-order valence-corrected chi connectivity index (χ3v) is 4.45. The molecular formula is C18H25N5O. The summed E-state index contributed by atoms with van der Waals surface area (Å²) in [7, 11) is 2.15. The lowest BCUT2D eigenvalue weighted by atomic mass is 10.1. The topological polar surface area (TPSA) is 64.3 Å². The predicted octanol–water partition coefficient (Wildman–Crippen LogP) is 2.54. The quantitative estimate of drug-likeness (QED) is 0.906. The molecule has 3 rings (SSSR count). The fraction of sp³-hybridized carbons (Fsp3) is 0.444. The second-order valence-electron chi connectivity index (χ2n) is 6.65. The summed E-state index contributed by atoms with van der Waals surface area (Å²) in [4.78, 5) is 17.0. The number of nitrogens with one attached hydrogen (secondary N) is 2. The fourth-order valence-electron chi connectivity index (χ4n) is 2.76. The van der Waals surface area contributed by atoms with Crippen molar-refractivity contribution in [3.05, 3.63) is 41.7 Å². The van der Waals surface area contributed by atoms with Crippen LogP contribution in [0, 0.1) is 0 Å². The van der Waals surface area contributed by atoms with Crippen molar-refractivity contribution in [3.63, 3.8) is 0 Å². The Kier molecular flexibility index (Phi) is 4.85. The number of carbonyl (C=O) groups excluding carboxylic acids is 1. The van der Waals surface area contributed by atoms with Crippen molar-refractivity contribution in [2.75, 3.05) is 43.4 Å². The highest BCUT2D eigenvalue weighted by atomic mass is 16.1. The first-order valence-corrected chi connectivity index (χ1v) is 8.43. The standard InChI is InChI=1S/C18H25N5O/c1-13(2)16-12-17(21-20-16)18(24)19-14-4-6-15(7-5-14)23-10-8-22(3)9-11-23/h4-7,12-13H,8-11H2,1-3H3,(H,19,24)(H,20,21). The Balaban J connectivity index is 1.62. The first kappa shape index (κ1) is 16.5. The molecule has 0 atom stereocenters.